The zero-order valence-electron chi connectivity index (χ0n) is 64.8. The van der Waals surface area contributed by atoms with Crippen LogP contribution in [0.2, 0.25) is 0 Å². The van der Waals surface area contributed by atoms with Gasteiger partial charge in [-0.15, -0.1) is 0 Å². The predicted molar refractivity (Wildman–Crippen MR) is 435 cm³/mol. The lowest BCUT2D eigenvalue weighted by atomic mass is 10.1. The van der Waals surface area contributed by atoms with E-state index in [9.17, 15) is 43.2 Å². The fourth-order valence-electron chi connectivity index (χ4n) is 9.19. The first-order valence-electron chi connectivity index (χ1n) is 39.0. The van der Waals surface area contributed by atoms with E-state index in [1.165, 1.54) is 0 Å². The Morgan fingerprint density at radius 3 is 0.840 bits per heavy atom. The van der Waals surface area contributed by atoms with Gasteiger partial charge in [-0.3, -0.25) is 37.3 Å². The van der Waals surface area contributed by atoms with Crippen LogP contribution in [0.3, 0.4) is 0 Å². The second kappa shape index (κ2) is 76.6. The lowest BCUT2D eigenvalue weighted by molar-refractivity contribution is -0.161. The minimum atomic E-state index is -5.02. The van der Waals surface area contributed by atoms with Gasteiger partial charge in [0.15, 0.2) is 12.2 Å². The number of esters is 4. The fourth-order valence-corrected chi connectivity index (χ4v) is 10.8. The number of hydrogen-bond donors (Lipinski definition) is 3. The van der Waals surface area contributed by atoms with Gasteiger partial charge in [-0.2, -0.15) is 0 Å². The number of phosphoric ester groups is 2. The van der Waals surface area contributed by atoms with Crippen molar-refractivity contribution in [3.63, 3.8) is 0 Å². The molecule has 0 rings (SSSR count). The van der Waals surface area contributed by atoms with E-state index < -0.39 is 97.5 Å². The maximum absolute atomic E-state index is 13.1. The van der Waals surface area contributed by atoms with Gasteiger partial charge in [-0.05, 0) is 167 Å². The van der Waals surface area contributed by atoms with Crippen molar-refractivity contribution in [2.75, 3.05) is 39.6 Å². The molecule has 0 radical (unpaired) electrons. The summed E-state index contributed by atoms with van der Waals surface area (Å²) in [5.41, 5.74) is 0. The molecule has 0 aliphatic rings. The minimum Gasteiger partial charge on any atom is -0.462 e. The second-order valence-corrected chi connectivity index (χ2v) is 27.7. The number of rotatable bonds is 70. The van der Waals surface area contributed by atoms with Crippen molar-refractivity contribution in [2.45, 2.75) is 264 Å². The van der Waals surface area contributed by atoms with Crippen molar-refractivity contribution < 1.29 is 80.2 Å². The third-order valence-electron chi connectivity index (χ3n) is 15.0. The molecule has 0 aromatic carbocycles. The number of aliphatic hydroxyl groups excluding tert-OH is 1. The summed E-state index contributed by atoms with van der Waals surface area (Å²) in [6.07, 6.45) is 96.8. The van der Waals surface area contributed by atoms with Crippen LogP contribution < -0.4 is 0 Å². The van der Waals surface area contributed by atoms with Crippen LogP contribution in [0.5, 0.6) is 0 Å². The van der Waals surface area contributed by atoms with E-state index in [4.69, 9.17) is 37.0 Å². The third kappa shape index (κ3) is 75.6. The van der Waals surface area contributed by atoms with Gasteiger partial charge in [0.1, 0.15) is 19.3 Å². The zero-order chi connectivity index (χ0) is 77.4. The SMILES string of the molecule is CC/C=C\C/C=C\C/C=C\C/C=C\C/C=C\CCCCCC(=O)OCC(COP(=O)(O)OCC(O)COP(=O)(O)OCC(COC(=O)C/C=C\C/C=C\C/C=C\C/C=C\C/C=C\CC)OC(=O)CCCCCCC/C=C\C/C=C\C/C=C\CC)OC(=O)CCC/C=C\C/C=C\C/C=C\C/C=C\C/C=C\CC. The second-order valence-electron chi connectivity index (χ2n) is 24.8. The van der Waals surface area contributed by atoms with Gasteiger partial charge in [-0.25, -0.2) is 9.13 Å². The summed E-state index contributed by atoms with van der Waals surface area (Å²) in [6.45, 7) is 4.13. The van der Waals surface area contributed by atoms with Crippen molar-refractivity contribution in [2.24, 2.45) is 0 Å². The van der Waals surface area contributed by atoms with Gasteiger partial charge in [0.2, 0.25) is 0 Å². The summed E-state index contributed by atoms with van der Waals surface area (Å²) in [5, 5.41) is 10.6. The molecule has 0 aromatic rings. The van der Waals surface area contributed by atoms with Crippen molar-refractivity contribution in [1.29, 1.82) is 0 Å². The molecule has 0 aliphatic carbocycles. The molecule has 5 unspecified atom stereocenters. The maximum Gasteiger partial charge on any atom is 0.472 e. The Hall–Kier alpha value is -6.62. The molecule has 0 saturated heterocycles. The van der Waals surface area contributed by atoms with Crippen molar-refractivity contribution in [1.82, 2.24) is 0 Å². The summed E-state index contributed by atoms with van der Waals surface area (Å²) in [4.78, 5) is 72.9. The average molecular weight is 1510 g/mol. The maximum atomic E-state index is 13.1. The van der Waals surface area contributed by atoms with E-state index in [0.717, 1.165) is 161 Å². The molecular formula is C87H134O17P2. The van der Waals surface area contributed by atoms with Gasteiger partial charge >= 0.3 is 39.5 Å². The van der Waals surface area contributed by atoms with Crippen LogP contribution in [0.25, 0.3) is 0 Å². The van der Waals surface area contributed by atoms with Gasteiger partial charge in [0, 0.05) is 19.3 Å². The van der Waals surface area contributed by atoms with Crippen molar-refractivity contribution >= 4 is 39.5 Å². The first-order valence-corrected chi connectivity index (χ1v) is 42.0. The molecule has 19 heteroatoms. The number of carbonyl (C=O) groups excluding carboxylic acids is 4. The highest BCUT2D eigenvalue weighted by Crippen LogP contribution is 2.45. The predicted octanol–water partition coefficient (Wildman–Crippen LogP) is 22.9. The Kier molecular flexibility index (Phi) is 71.8. The minimum absolute atomic E-state index is 0.00370. The Morgan fingerprint density at radius 1 is 0.274 bits per heavy atom. The number of phosphoric acid groups is 2. The van der Waals surface area contributed by atoms with Crippen LogP contribution in [0.1, 0.15) is 246 Å². The summed E-state index contributed by atoms with van der Waals surface area (Å²) in [5.74, 6) is -2.48. The van der Waals surface area contributed by atoms with Crippen molar-refractivity contribution in [3.8, 4) is 0 Å². The van der Waals surface area contributed by atoms with E-state index in [2.05, 4.69) is 210 Å². The number of carbonyl (C=O) groups is 4. The molecule has 106 heavy (non-hydrogen) atoms. The van der Waals surface area contributed by atoms with E-state index >= 15 is 0 Å². The average Bonchev–Trinajstić information content (AvgIpc) is 0.902. The lowest BCUT2D eigenvalue weighted by Gasteiger charge is -2.21. The Bertz CT molecular complexity index is 2880. The largest absolute Gasteiger partial charge is 0.472 e. The standard InChI is InChI=1S/C87H134O17P2/c1-5-9-13-17-21-25-29-33-37-39-40-42-45-48-52-56-60-64-68-72-85(90)98-78-83(104-87(92)74-70-66-62-58-54-50-46-41-38-34-30-26-22-18-14-10-6-2)80-102-106(95,96)100-76-81(88)75-99-105(93,94)101-79-82(103-86(91)73-69-65-61-57-53-49-44-36-32-28-24-20-16-12-8-4)77-97-84(89)71-67-63-59-55-51-47-43-35-31-27-23-19-15-11-7-3/h9-16,21-28,33-38,40,42-44,46,48,50-52,55,58,62-63,67,81-83,88H,5-8,17-20,29-32,39,41,45,47,49,53-54,56-57,59-61,64-66,68-80H2,1-4H3,(H,93,94)(H,95,96)/b13-9-,14-10-,15-11-,16-12-,25-21-,26-22-,27-23-,28-24-,37-33-,38-34-,42-40-,43-35-,44-36-,50-46-,52-48-,55-51-,62-58-,67-63-. The molecule has 0 heterocycles. The van der Waals surface area contributed by atoms with Gasteiger partial charge in [0.25, 0.3) is 0 Å². The quantitative estimate of drug-likeness (QED) is 0.0169. The van der Waals surface area contributed by atoms with E-state index in [-0.39, 0.29) is 25.7 Å². The van der Waals surface area contributed by atoms with Gasteiger partial charge < -0.3 is 33.8 Å². The van der Waals surface area contributed by atoms with Crippen LogP contribution in [-0.2, 0) is 65.4 Å². The molecular weight excluding hydrogens is 1380 g/mol. The molecule has 0 amide bonds. The number of aliphatic hydroxyl groups is 1. The monoisotopic (exact) mass is 1510 g/mol. The fraction of sp³-hybridized carbons (Fsp3) is 0.540. The van der Waals surface area contributed by atoms with Crippen LogP contribution in [0.15, 0.2) is 219 Å². The van der Waals surface area contributed by atoms with E-state index in [0.29, 0.717) is 32.1 Å². The third-order valence-corrected chi connectivity index (χ3v) is 16.9. The highest BCUT2D eigenvalue weighted by Gasteiger charge is 2.30. The van der Waals surface area contributed by atoms with E-state index in [1.54, 1.807) is 6.08 Å². The normalized spacial score (nSPS) is 15.0. The molecule has 3 N–H and O–H groups in total. The van der Waals surface area contributed by atoms with Crippen molar-refractivity contribution in [3.05, 3.63) is 219 Å². The molecule has 0 aliphatic heterocycles. The van der Waals surface area contributed by atoms with Crippen LogP contribution in [0, 0.1) is 0 Å². The first-order chi connectivity index (χ1) is 51.7. The smallest absolute Gasteiger partial charge is 0.462 e. The Balaban J connectivity index is 5.56. The van der Waals surface area contributed by atoms with E-state index in [1.807, 2.05) is 30.4 Å². The topological polar surface area (TPSA) is 237 Å². The molecule has 0 saturated carbocycles. The van der Waals surface area contributed by atoms with Gasteiger partial charge in [-0.1, -0.05) is 272 Å². The highest BCUT2D eigenvalue weighted by atomic mass is 31.2. The Morgan fingerprint density at radius 2 is 0.509 bits per heavy atom. The summed E-state index contributed by atoms with van der Waals surface area (Å²) in [6, 6.07) is 0. The van der Waals surface area contributed by atoms with Gasteiger partial charge in [0.05, 0.1) is 32.8 Å². The molecule has 594 valence electrons. The first kappa shape index (κ1) is 99.4. The molecule has 0 bridgehead atoms. The number of allylic oxidation sites excluding steroid dienone is 35. The molecule has 0 spiro atoms. The molecule has 5 atom stereocenters. The Labute approximate surface area is 639 Å². The van der Waals surface area contributed by atoms with Crippen LogP contribution in [-0.4, -0.2) is 96.7 Å². The molecule has 0 aromatic heterocycles. The summed E-state index contributed by atoms with van der Waals surface area (Å²) >= 11 is 0. The molecule has 0 fully saturated rings. The lowest BCUT2D eigenvalue weighted by Crippen LogP contribution is -2.30. The number of unbranched alkanes of at least 4 members (excludes halogenated alkanes) is 9. The summed E-state index contributed by atoms with van der Waals surface area (Å²) < 4.78 is 68.3. The van der Waals surface area contributed by atoms with Crippen LogP contribution >= 0.6 is 15.6 Å². The summed E-state index contributed by atoms with van der Waals surface area (Å²) in [7, 11) is -10.0. The molecule has 17 nitrogen and oxygen atoms in total. The zero-order valence-corrected chi connectivity index (χ0v) is 66.5. The highest BCUT2D eigenvalue weighted by molar-refractivity contribution is 7.47. The van der Waals surface area contributed by atoms with Crippen LogP contribution in [0.4, 0.5) is 0 Å². The number of hydrogen-bond acceptors (Lipinski definition) is 15. The number of ether oxygens (including phenoxy) is 4.